The minimum absolute atomic E-state index is 0.806. The third-order valence-electron chi connectivity index (χ3n) is 3.96. The summed E-state index contributed by atoms with van der Waals surface area (Å²) in [5.74, 6) is 3.50. The molecule has 2 heterocycles. The quantitative estimate of drug-likeness (QED) is 0.791. The molecule has 1 aromatic carbocycles. The van der Waals surface area contributed by atoms with Crippen LogP contribution in [0.4, 0.5) is 5.95 Å². The smallest absolute Gasteiger partial charge is 0.250 e. The fraction of sp³-hybridized carbons (Fsp3) is 0.438. The molecular weight excluding hydrogens is 276 g/mol. The van der Waals surface area contributed by atoms with Crippen LogP contribution >= 0.6 is 0 Å². The van der Waals surface area contributed by atoms with Crippen LogP contribution in [-0.2, 0) is 0 Å². The lowest BCUT2D eigenvalue weighted by Gasteiger charge is -2.34. The Morgan fingerprint density at radius 1 is 1.14 bits per heavy atom. The Kier molecular flexibility index (Phi) is 4.35. The Labute approximate surface area is 130 Å². The van der Waals surface area contributed by atoms with Gasteiger partial charge in [-0.25, -0.2) is 0 Å². The van der Waals surface area contributed by atoms with Crippen molar-refractivity contribution >= 4 is 5.95 Å². The molecule has 6 heteroatoms. The zero-order valence-corrected chi connectivity index (χ0v) is 12.8. The molecule has 1 aromatic heterocycles. The molecule has 1 aliphatic rings. The van der Waals surface area contributed by atoms with Gasteiger partial charge in [0.25, 0.3) is 0 Å². The standard InChI is InChI=1S/C16H20N6/c1-3-4-9-20-10-12-21(13-11-20)16-17-18-19-22(16)15-7-5-14(2)6-8-15/h1,5-8H,4,9-13H2,2H3. The van der Waals surface area contributed by atoms with Crippen LogP contribution in [0.25, 0.3) is 5.69 Å². The summed E-state index contributed by atoms with van der Waals surface area (Å²) < 4.78 is 1.80. The molecule has 0 radical (unpaired) electrons. The van der Waals surface area contributed by atoms with Crippen molar-refractivity contribution in [3.05, 3.63) is 29.8 Å². The van der Waals surface area contributed by atoms with Crippen molar-refractivity contribution in [2.24, 2.45) is 0 Å². The van der Waals surface area contributed by atoms with Crippen molar-refractivity contribution < 1.29 is 0 Å². The third-order valence-corrected chi connectivity index (χ3v) is 3.96. The Morgan fingerprint density at radius 3 is 2.55 bits per heavy atom. The van der Waals surface area contributed by atoms with Crippen LogP contribution in [0, 0.1) is 19.3 Å². The largest absolute Gasteiger partial charge is 0.337 e. The zero-order chi connectivity index (χ0) is 15.4. The van der Waals surface area contributed by atoms with E-state index < -0.39 is 0 Å². The van der Waals surface area contributed by atoms with Gasteiger partial charge in [0, 0.05) is 39.1 Å². The molecule has 1 aliphatic heterocycles. The molecule has 114 valence electrons. The summed E-state index contributed by atoms with van der Waals surface area (Å²) in [7, 11) is 0. The van der Waals surface area contributed by atoms with Crippen LogP contribution in [0.1, 0.15) is 12.0 Å². The number of piperazine rings is 1. The predicted molar refractivity (Wildman–Crippen MR) is 86.0 cm³/mol. The molecule has 0 N–H and O–H groups in total. The molecule has 0 unspecified atom stereocenters. The maximum atomic E-state index is 5.33. The lowest BCUT2D eigenvalue weighted by Crippen LogP contribution is -2.47. The van der Waals surface area contributed by atoms with E-state index in [1.807, 2.05) is 12.1 Å². The van der Waals surface area contributed by atoms with E-state index in [1.165, 1.54) is 5.56 Å². The summed E-state index contributed by atoms with van der Waals surface area (Å²) >= 11 is 0. The lowest BCUT2D eigenvalue weighted by molar-refractivity contribution is 0.262. The minimum Gasteiger partial charge on any atom is -0.337 e. The molecule has 0 saturated carbocycles. The van der Waals surface area contributed by atoms with Gasteiger partial charge in [0.15, 0.2) is 0 Å². The number of tetrazole rings is 1. The number of hydrogen-bond acceptors (Lipinski definition) is 5. The molecular formula is C16H20N6. The van der Waals surface area contributed by atoms with Crippen molar-refractivity contribution in [3.8, 4) is 18.0 Å². The zero-order valence-electron chi connectivity index (χ0n) is 12.8. The molecule has 0 bridgehead atoms. The summed E-state index contributed by atoms with van der Waals surface area (Å²) in [6, 6.07) is 8.22. The van der Waals surface area contributed by atoms with Crippen LogP contribution in [-0.4, -0.2) is 57.8 Å². The van der Waals surface area contributed by atoms with E-state index in [9.17, 15) is 0 Å². The van der Waals surface area contributed by atoms with Gasteiger partial charge in [-0.05, 0) is 29.5 Å². The Hall–Kier alpha value is -2.39. The van der Waals surface area contributed by atoms with Gasteiger partial charge in [-0.1, -0.05) is 22.8 Å². The van der Waals surface area contributed by atoms with Gasteiger partial charge in [-0.3, -0.25) is 4.90 Å². The van der Waals surface area contributed by atoms with E-state index in [0.29, 0.717) is 0 Å². The second kappa shape index (κ2) is 6.58. The minimum atomic E-state index is 0.806. The first-order chi connectivity index (χ1) is 10.8. The number of aryl methyl sites for hydroxylation is 1. The number of terminal acetylenes is 1. The van der Waals surface area contributed by atoms with Crippen molar-refractivity contribution in [2.45, 2.75) is 13.3 Å². The highest BCUT2D eigenvalue weighted by atomic mass is 15.6. The highest BCUT2D eigenvalue weighted by molar-refractivity contribution is 5.42. The van der Waals surface area contributed by atoms with Crippen LogP contribution in [0.2, 0.25) is 0 Å². The Balaban J connectivity index is 1.71. The molecule has 22 heavy (non-hydrogen) atoms. The summed E-state index contributed by atoms with van der Waals surface area (Å²) in [6.07, 6.45) is 6.13. The molecule has 0 aliphatic carbocycles. The number of benzene rings is 1. The fourth-order valence-electron chi connectivity index (χ4n) is 2.63. The van der Waals surface area contributed by atoms with Crippen LogP contribution < -0.4 is 4.90 Å². The summed E-state index contributed by atoms with van der Waals surface area (Å²) in [5, 5.41) is 12.2. The Morgan fingerprint density at radius 2 is 1.86 bits per heavy atom. The van der Waals surface area contributed by atoms with E-state index in [1.54, 1.807) is 4.68 Å². The average molecular weight is 296 g/mol. The van der Waals surface area contributed by atoms with Gasteiger partial charge in [0.2, 0.25) is 5.95 Å². The van der Waals surface area contributed by atoms with Crippen molar-refractivity contribution in [1.82, 2.24) is 25.1 Å². The molecule has 6 nitrogen and oxygen atoms in total. The van der Waals surface area contributed by atoms with Gasteiger partial charge in [-0.2, -0.15) is 4.68 Å². The van der Waals surface area contributed by atoms with Crippen LogP contribution in [0.15, 0.2) is 24.3 Å². The van der Waals surface area contributed by atoms with E-state index in [4.69, 9.17) is 6.42 Å². The highest BCUT2D eigenvalue weighted by Crippen LogP contribution is 2.17. The predicted octanol–water partition coefficient (Wildman–Crippen LogP) is 1.12. The number of aromatic nitrogens is 4. The number of rotatable bonds is 4. The first kappa shape index (κ1) is 14.5. The van der Waals surface area contributed by atoms with Crippen LogP contribution in [0.5, 0.6) is 0 Å². The van der Waals surface area contributed by atoms with Gasteiger partial charge in [0.1, 0.15) is 0 Å². The second-order valence-electron chi connectivity index (χ2n) is 5.51. The summed E-state index contributed by atoms with van der Waals surface area (Å²) in [4.78, 5) is 4.61. The molecule has 2 aromatic rings. The van der Waals surface area contributed by atoms with Gasteiger partial charge in [-0.15, -0.1) is 12.3 Å². The molecule has 1 fully saturated rings. The van der Waals surface area contributed by atoms with Gasteiger partial charge >= 0.3 is 0 Å². The van der Waals surface area contributed by atoms with Gasteiger partial charge in [0.05, 0.1) is 5.69 Å². The molecule has 0 amide bonds. The molecule has 0 atom stereocenters. The molecule has 0 spiro atoms. The van der Waals surface area contributed by atoms with Crippen molar-refractivity contribution in [3.63, 3.8) is 0 Å². The number of nitrogens with zero attached hydrogens (tertiary/aromatic N) is 6. The third kappa shape index (κ3) is 3.10. The maximum absolute atomic E-state index is 5.33. The van der Waals surface area contributed by atoms with Crippen molar-refractivity contribution in [1.29, 1.82) is 0 Å². The van der Waals surface area contributed by atoms with E-state index in [2.05, 4.69) is 50.3 Å². The first-order valence-corrected chi connectivity index (χ1v) is 7.54. The fourth-order valence-corrected chi connectivity index (χ4v) is 2.63. The number of anilines is 1. The summed E-state index contributed by atoms with van der Waals surface area (Å²) in [5.41, 5.74) is 2.21. The maximum Gasteiger partial charge on any atom is 0.250 e. The molecule has 3 rings (SSSR count). The van der Waals surface area contributed by atoms with Crippen molar-refractivity contribution in [2.75, 3.05) is 37.6 Å². The van der Waals surface area contributed by atoms with E-state index in [0.717, 1.165) is 50.8 Å². The van der Waals surface area contributed by atoms with E-state index in [-0.39, 0.29) is 0 Å². The van der Waals surface area contributed by atoms with Gasteiger partial charge < -0.3 is 4.90 Å². The lowest BCUT2D eigenvalue weighted by atomic mass is 10.2. The topological polar surface area (TPSA) is 50.1 Å². The SMILES string of the molecule is C#CCCN1CCN(c2nnnn2-c2ccc(C)cc2)CC1. The van der Waals surface area contributed by atoms with Crippen LogP contribution in [0.3, 0.4) is 0 Å². The molecule has 1 saturated heterocycles. The number of hydrogen-bond donors (Lipinski definition) is 0. The first-order valence-electron chi connectivity index (χ1n) is 7.54. The van der Waals surface area contributed by atoms with E-state index >= 15 is 0 Å². The monoisotopic (exact) mass is 296 g/mol. The normalized spacial score (nSPS) is 15.7. The highest BCUT2D eigenvalue weighted by Gasteiger charge is 2.21. The Bertz CT molecular complexity index is 646. The average Bonchev–Trinajstić information content (AvgIpc) is 3.04. The summed E-state index contributed by atoms with van der Waals surface area (Å²) in [6.45, 7) is 6.84. The second-order valence-corrected chi connectivity index (χ2v) is 5.51.